The van der Waals surface area contributed by atoms with E-state index in [1.54, 1.807) is 7.11 Å². The highest BCUT2D eigenvalue weighted by Gasteiger charge is 2.32. The van der Waals surface area contributed by atoms with Crippen molar-refractivity contribution < 1.29 is 14.2 Å². The SMILES string of the molecule is COc1ccc(C)cc1C(C)NCC1COC(C)(C)O1. The summed E-state index contributed by atoms with van der Waals surface area (Å²) in [4.78, 5) is 0. The minimum Gasteiger partial charge on any atom is -0.496 e. The van der Waals surface area contributed by atoms with Crippen molar-refractivity contribution in [3.05, 3.63) is 29.3 Å². The summed E-state index contributed by atoms with van der Waals surface area (Å²) in [6.45, 7) is 9.52. The number of nitrogens with one attached hydrogen (secondary N) is 1. The quantitative estimate of drug-likeness (QED) is 0.899. The fraction of sp³-hybridized carbons (Fsp3) is 0.625. The third-order valence-corrected chi connectivity index (χ3v) is 3.57. The molecule has 0 amide bonds. The van der Waals surface area contributed by atoms with E-state index in [2.05, 4.69) is 31.3 Å². The lowest BCUT2D eigenvalue weighted by atomic mass is 10.0. The van der Waals surface area contributed by atoms with E-state index in [1.165, 1.54) is 11.1 Å². The maximum Gasteiger partial charge on any atom is 0.163 e. The van der Waals surface area contributed by atoms with Gasteiger partial charge in [-0.2, -0.15) is 0 Å². The molecule has 20 heavy (non-hydrogen) atoms. The molecule has 1 aromatic carbocycles. The highest BCUT2D eigenvalue weighted by atomic mass is 16.7. The topological polar surface area (TPSA) is 39.7 Å². The first-order valence-corrected chi connectivity index (χ1v) is 7.11. The van der Waals surface area contributed by atoms with Gasteiger partial charge in [-0.25, -0.2) is 0 Å². The van der Waals surface area contributed by atoms with E-state index in [4.69, 9.17) is 14.2 Å². The van der Waals surface area contributed by atoms with Gasteiger partial charge in [0, 0.05) is 18.2 Å². The van der Waals surface area contributed by atoms with Crippen LogP contribution in [0.15, 0.2) is 18.2 Å². The highest BCUT2D eigenvalue weighted by Crippen LogP contribution is 2.27. The molecule has 0 aromatic heterocycles. The van der Waals surface area contributed by atoms with Crippen LogP contribution in [0.2, 0.25) is 0 Å². The molecule has 1 saturated heterocycles. The maximum absolute atomic E-state index is 5.80. The summed E-state index contributed by atoms with van der Waals surface area (Å²) >= 11 is 0. The lowest BCUT2D eigenvalue weighted by Crippen LogP contribution is -2.32. The predicted molar refractivity (Wildman–Crippen MR) is 79.1 cm³/mol. The van der Waals surface area contributed by atoms with Gasteiger partial charge < -0.3 is 19.5 Å². The summed E-state index contributed by atoms with van der Waals surface area (Å²) in [6.07, 6.45) is 0.100. The number of rotatable bonds is 5. The molecule has 1 heterocycles. The average Bonchev–Trinajstić information content (AvgIpc) is 2.75. The zero-order chi connectivity index (χ0) is 14.8. The molecule has 1 aromatic rings. The Morgan fingerprint density at radius 3 is 2.80 bits per heavy atom. The van der Waals surface area contributed by atoms with Crippen LogP contribution in [0.3, 0.4) is 0 Å². The second-order valence-electron chi connectivity index (χ2n) is 5.83. The summed E-state index contributed by atoms with van der Waals surface area (Å²) < 4.78 is 16.8. The predicted octanol–water partition coefficient (Wildman–Crippen LogP) is 2.81. The van der Waals surface area contributed by atoms with Gasteiger partial charge in [0.25, 0.3) is 0 Å². The third-order valence-electron chi connectivity index (χ3n) is 3.57. The Balaban J connectivity index is 1.95. The van der Waals surface area contributed by atoms with Crippen molar-refractivity contribution >= 4 is 0 Å². The molecule has 2 rings (SSSR count). The van der Waals surface area contributed by atoms with E-state index in [0.717, 1.165) is 12.3 Å². The Hall–Kier alpha value is -1.10. The Labute approximate surface area is 121 Å². The first-order valence-electron chi connectivity index (χ1n) is 7.11. The van der Waals surface area contributed by atoms with Crippen LogP contribution in [-0.2, 0) is 9.47 Å². The van der Waals surface area contributed by atoms with Gasteiger partial charge >= 0.3 is 0 Å². The standard InChI is InChI=1S/C16H25NO3/c1-11-6-7-15(18-5)14(8-11)12(2)17-9-13-10-19-16(3,4)20-13/h6-8,12-13,17H,9-10H2,1-5H3. The zero-order valence-corrected chi connectivity index (χ0v) is 13.0. The van der Waals surface area contributed by atoms with Gasteiger partial charge in [0.15, 0.2) is 5.79 Å². The molecule has 0 aliphatic carbocycles. The molecule has 4 nitrogen and oxygen atoms in total. The fourth-order valence-electron chi connectivity index (χ4n) is 2.47. The number of aryl methyl sites for hydroxylation is 1. The van der Waals surface area contributed by atoms with Gasteiger partial charge in [-0.3, -0.25) is 0 Å². The number of benzene rings is 1. The second kappa shape index (κ2) is 6.12. The number of hydrogen-bond acceptors (Lipinski definition) is 4. The van der Waals surface area contributed by atoms with Crippen LogP contribution in [0.5, 0.6) is 5.75 Å². The molecule has 0 saturated carbocycles. The van der Waals surface area contributed by atoms with Crippen molar-refractivity contribution in [2.45, 2.75) is 45.6 Å². The van der Waals surface area contributed by atoms with E-state index in [1.807, 2.05) is 19.9 Å². The molecular formula is C16H25NO3. The van der Waals surface area contributed by atoms with Crippen molar-refractivity contribution in [2.24, 2.45) is 0 Å². The molecule has 1 aliphatic heterocycles. The number of methoxy groups -OCH3 is 1. The van der Waals surface area contributed by atoms with Crippen LogP contribution >= 0.6 is 0 Å². The van der Waals surface area contributed by atoms with Crippen LogP contribution in [-0.4, -0.2) is 32.2 Å². The minimum absolute atomic E-state index is 0.100. The summed E-state index contributed by atoms with van der Waals surface area (Å²) in [5, 5.41) is 3.50. The largest absolute Gasteiger partial charge is 0.496 e. The van der Waals surface area contributed by atoms with Crippen molar-refractivity contribution in [3.63, 3.8) is 0 Å². The van der Waals surface area contributed by atoms with Gasteiger partial charge in [0.1, 0.15) is 5.75 Å². The first kappa shape index (κ1) is 15.3. The first-order chi connectivity index (χ1) is 9.41. The van der Waals surface area contributed by atoms with Crippen molar-refractivity contribution in [2.75, 3.05) is 20.3 Å². The smallest absolute Gasteiger partial charge is 0.163 e. The summed E-state index contributed by atoms with van der Waals surface area (Å²) in [5.74, 6) is 0.455. The van der Waals surface area contributed by atoms with Crippen LogP contribution in [0.1, 0.15) is 37.9 Å². The molecular weight excluding hydrogens is 254 g/mol. The lowest BCUT2D eigenvalue weighted by molar-refractivity contribution is -0.137. The average molecular weight is 279 g/mol. The molecule has 2 unspecified atom stereocenters. The third kappa shape index (κ3) is 3.72. The second-order valence-corrected chi connectivity index (χ2v) is 5.83. The van der Waals surface area contributed by atoms with Crippen molar-refractivity contribution in [3.8, 4) is 5.75 Å². The molecule has 2 atom stereocenters. The fourth-order valence-corrected chi connectivity index (χ4v) is 2.47. The molecule has 112 valence electrons. The molecule has 0 bridgehead atoms. The maximum atomic E-state index is 5.80. The van der Waals surface area contributed by atoms with Gasteiger partial charge in [-0.1, -0.05) is 17.7 Å². The van der Waals surface area contributed by atoms with Crippen LogP contribution < -0.4 is 10.1 Å². The van der Waals surface area contributed by atoms with Crippen molar-refractivity contribution in [1.82, 2.24) is 5.32 Å². The Bertz CT molecular complexity index is 459. The van der Waals surface area contributed by atoms with E-state index in [9.17, 15) is 0 Å². The molecule has 1 fully saturated rings. The van der Waals surface area contributed by atoms with Gasteiger partial charge in [-0.05, 0) is 33.8 Å². The molecule has 1 aliphatic rings. The van der Waals surface area contributed by atoms with Gasteiger partial charge in [0.2, 0.25) is 0 Å². The monoisotopic (exact) mass is 279 g/mol. The molecule has 0 spiro atoms. The normalized spacial score (nSPS) is 22.8. The van der Waals surface area contributed by atoms with E-state index >= 15 is 0 Å². The van der Waals surface area contributed by atoms with E-state index in [-0.39, 0.29) is 12.1 Å². The van der Waals surface area contributed by atoms with Gasteiger partial charge in [-0.15, -0.1) is 0 Å². The van der Waals surface area contributed by atoms with E-state index < -0.39 is 5.79 Å². The summed E-state index contributed by atoms with van der Waals surface area (Å²) in [6, 6.07) is 6.44. The van der Waals surface area contributed by atoms with E-state index in [0.29, 0.717) is 6.61 Å². The molecule has 1 N–H and O–H groups in total. The molecule has 4 heteroatoms. The Kier molecular flexibility index (Phi) is 4.68. The zero-order valence-electron chi connectivity index (χ0n) is 13.0. The Morgan fingerprint density at radius 1 is 1.45 bits per heavy atom. The Morgan fingerprint density at radius 2 is 2.20 bits per heavy atom. The van der Waals surface area contributed by atoms with Crippen LogP contribution in [0.25, 0.3) is 0 Å². The van der Waals surface area contributed by atoms with Crippen LogP contribution in [0.4, 0.5) is 0 Å². The van der Waals surface area contributed by atoms with Gasteiger partial charge in [0.05, 0.1) is 19.8 Å². The van der Waals surface area contributed by atoms with Crippen molar-refractivity contribution in [1.29, 1.82) is 0 Å². The summed E-state index contributed by atoms with van der Waals surface area (Å²) in [5.41, 5.74) is 2.40. The number of hydrogen-bond donors (Lipinski definition) is 1. The number of ether oxygens (including phenoxy) is 3. The summed E-state index contributed by atoms with van der Waals surface area (Å²) in [7, 11) is 1.71. The lowest BCUT2D eigenvalue weighted by Gasteiger charge is -2.21. The molecule has 0 radical (unpaired) electrons. The van der Waals surface area contributed by atoms with Crippen LogP contribution in [0, 0.1) is 6.92 Å². The highest BCUT2D eigenvalue weighted by molar-refractivity contribution is 5.38. The minimum atomic E-state index is -0.462.